The van der Waals surface area contributed by atoms with Crippen molar-refractivity contribution in [1.29, 1.82) is 0 Å². The molecule has 3 aromatic rings. The zero-order chi connectivity index (χ0) is 22.8. The number of aliphatic hydroxyl groups excluding tert-OH is 1. The molecule has 3 rings (SSSR count). The van der Waals surface area contributed by atoms with E-state index < -0.39 is 6.10 Å². The Morgan fingerprint density at radius 2 is 1.81 bits per heavy atom. The van der Waals surface area contributed by atoms with Crippen molar-refractivity contribution in [2.75, 3.05) is 40.3 Å². The molecule has 0 saturated carbocycles. The van der Waals surface area contributed by atoms with E-state index in [4.69, 9.17) is 18.9 Å². The second kappa shape index (κ2) is 12.4. The number of pyridine rings is 1. The average molecular weight is 461 g/mol. The highest BCUT2D eigenvalue weighted by Crippen LogP contribution is 2.28. The first-order valence-corrected chi connectivity index (χ1v) is 11.1. The lowest BCUT2D eigenvalue weighted by atomic mass is 10.2. The number of hydrogen-bond donors (Lipinski definition) is 1. The maximum Gasteiger partial charge on any atom is 0.191 e. The van der Waals surface area contributed by atoms with Crippen molar-refractivity contribution in [1.82, 2.24) is 19.7 Å². The molecular weight excluding hydrogens is 432 g/mol. The van der Waals surface area contributed by atoms with Crippen molar-refractivity contribution in [2.24, 2.45) is 0 Å². The molecule has 9 nitrogen and oxygen atoms in total. The summed E-state index contributed by atoms with van der Waals surface area (Å²) in [6, 6.07) is 9.37. The highest BCUT2D eigenvalue weighted by molar-refractivity contribution is 7.99. The zero-order valence-electron chi connectivity index (χ0n) is 18.4. The van der Waals surface area contributed by atoms with Crippen molar-refractivity contribution in [3.8, 4) is 22.9 Å². The number of benzene rings is 1. The van der Waals surface area contributed by atoms with Crippen LogP contribution in [0.5, 0.6) is 11.5 Å². The summed E-state index contributed by atoms with van der Waals surface area (Å²) in [5.74, 6) is 2.47. The van der Waals surface area contributed by atoms with E-state index in [9.17, 15) is 5.11 Å². The molecule has 0 amide bonds. The van der Waals surface area contributed by atoms with E-state index in [1.807, 2.05) is 34.9 Å². The van der Waals surface area contributed by atoms with Gasteiger partial charge in [0.05, 0.1) is 46.7 Å². The van der Waals surface area contributed by atoms with Gasteiger partial charge >= 0.3 is 0 Å². The van der Waals surface area contributed by atoms with E-state index in [0.29, 0.717) is 42.2 Å². The van der Waals surface area contributed by atoms with Crippen LogP contribution in [0.2, 0.25) is 0 Å². The topological polar surface area (TPSA) is 101 Å². The molecule has 32 heavy (non-hydrogen) atoms. The van der Waals surface area contributed by atoms with Crippen LogP contribution in [0.3, 0.4) is 0 Å². The minimum absolute atomic E-state index is 0.199. The Bertz CT molecular complexity index is 970. The van der Waals surface area contributed by atoms with E-state index in [0.717, 1.165) is 17.0 Å². The number of rotatable bonds is 13. The third kappa shape index (κ3) is 6.42. The summed E-state index contributed by atoms with van der Waals surface area (Å²) in [5, 5.41) is 19.7. The molecular formula is C22H28N4O5S. The summed E-state index contributed by atoms with van der Waals surface area (Å²) < 4.78 is 23.4. The monoisotopic (exact) mass is 460 g/mol. The lowest BCUT2D eigenvalue weighted by Gasteiger charge is -2.13. The highest BCUT2D eigenvalue weighted by Gasteiger charge is 2.16. The number of methoxy groups -OCH3 is 3. The number of aromatic nitrogens is 4. The van der Waals surface area contributed by atoms with Gasteiger partial charge in [-0.3, -0.25) is 9.55 Å². The summed E-state index contributed by atoms with van der Waals surface area (Å²) in [5.41, 5.74) is 1.86. The Labute approximate surface area is 191 Å². The van der Waals surface area contributed by atoms with Crippen molar-refractivity contribution >= 4 is 11.8 Å². The third-order valence-corrected chi connectivity index (χ3v) is 5.72. The molecule has 0 saturated heterocycles. The molecule has 1 unspecified atom stereocenters. The first-order valence-electron chi connectivity index (χ1n) is 10.1. The molecule has 2 aromatic heterocycles. The van der Waals surface area contributed by atoms with Crippen molar-refractivity contribution in [2.45, 2.75) is 24.4 Å². The van der Waals surface area contributed by atoms with Crippen LogP contribution in [0.15, 0.2) is 47.9 Å². The molecule has 0 spiro atoms. The molecule has 0 radical (unpaired) electrons. The quantitative estimate of drug-likeness (QED) is 0.386. The number of nitrogens with zero attached hydrogens (tertiary/aromatic N) is 4. The highest BCUT2D eigenvalue weighted by atomic mass is 32.2. The van der Waals surface area contributed by atoms with Crippen molar-refractivity contribution in [3.63, 3.8) is 0 Å². The largest absolute Gasteiger partial charge is 0.493 e. The fourth-order valence-electron chi connectivity index (χ4n) is 3.00. The minimum Gasteiger partial charge on any atom is -0.493 e. The summed E-state index contributed by atoms with van der Waals surface area (Å²) in [6.45, 7) is 1.69. The molecule has 0 aliphatic carbocycles. The molecule has 2 heterocycles. The van der Waals surface area contributed by atoms with Gasteiger partial charge in [0, 0.05) is 30.8 Å². The third-order valence-electron chi connectivity index (χ3n) is 4.61. The molecule has 1 N–H and O–H groups in total. The molecule has 0 bridgehead atoms. The molecule has 0 aliphatic heterocycles. The fourth-order valence-corrected chi connectivity index (χ4v) is 3.87. The van der Waals surface area contributed by atoms with Gasteiger partial charge in [-0.15, -0.1) is 10.2 Å². The first kappa shape index (κ1) is 24.0. The fraction of sp³-hybridized carbons (Fsp3) is 0.409. The molecule has 1 atom stereocenters. The first-order chi connectivity index (χ1) is 15.7. The van der Waals surface area contributed by atoms with Crippen LogP contribution >= 0.6 is 11.8 Å². The van der Waals surface area contributed by atoms with E-state index in [2.05, 4.69) is 15.2 Å². The van der Waals surface area contributed by atoms with Gasteiger partial charge in [-0.1, -0.05) is 17.8 Å². The number of aliphatic hydroxyl groups is 1. The van der Waals surface area contributed by atoms with E-state index in [1.165, 1.54) is 11.8 Å². The lowest BCUT2D eigenvalue weighted by Crippen LogP contribution is -2.18. The summed E-state index contributed by atoms with van der Waals surface area (Å²) in [4.78, 5) is 4.05. The molecule has 0 aliphatic rings. The predicted octanol–water partition coefficient (Wildman–Crippen LogP) is 2.67. The number of ether oxygens (including phenoxy) is 4. The van der Waals surface area contributed by atoms with Gasteiger partial charge in [0.15, 0.2) is 22.5 Å². The van der Waals surface area contributed by atoms with E-state index in [-0.39, 0.29) is 6.61 Å². The van der Waals surface area contributed by atoms with Crippen LogP contribution in [0.4, 0.5) is 0 Å². The number of hydrogen-bond acceptors (Lipinski definition) is 9. The Hall–Kier alpha value is -2.66. The summed E-state index contributed by atoms with van der Waals surface area (Å²) in [6.07, 6.45) is 2.78. The molecule has 0 fully saturated rings. The van der Waals surface area contributed by atoms with E-state index >= 15 is 0 Å². The van der Waals surface area contributed by atoms with Gasteiger partial charge in [0.2, 0.25) is 0 Å². The Balaban J connectivity index is 1.54. The average Bonchev–Trinajstić information content (AvgIpc) is 3.24. The second-order valence-electron chi connectivity index (χ2n) is 6.86. The van der Waals surface area contributed by atoms with Crippen molar-refractivity contribution in [3.05, 3.63) is 48.3 Å². The Morgan fingerprint density at radius 3 is 2.53 bits per heavy atom. The van der Waals surface area contributed by atoms with Gasteiger partial charge in [-0.25, -0.2) is 0 Å². The van der Waals surface area contributed by atoms with Gasteiger partial charge in [0.25, 0.3) is 0 Å². The van der Waals surface area contributed by atoms with Crippen LogP contribution in [-0.2, 0) is 22.6 Å². The minimum atomic E-state index is -0.655. The van der Waals surface area contributed by atoms with Crippen LogP contribution < -0.4 is 9.47 Å². The van der Waals surface area contributed by atoms with Gasteiger partial charge < -0.3 is 24.1 Å². The predicted molar refractivity (Wildman–Crippen MR) is 121 cm³/mol. The Morgan fingerprint density at radius 1 is 1.03 bits per heavy atom. The molecule has 10 heteroatoms. The maximum absolute atomic E-state index is 10.4. The van der Waals surface area contributed by atoms with Crippen LogP contribution in [0.1, 0.15) is 5.56 Å². The second-order valence-corrected chi connectivity index (χ2v) is 7.84. The van der Waals surface area contributed by atoms with Crippen molar-refractivity contribution < 1.29 is 24.1 Å². The standard InChI is InChI=1S/C22H28N4O5S/c1-28-11-10-26-21(17-6-8-23-9-7-17)24-25-22(26)32-15-18(27)14-31-13-16-4-5-19(29-2)20(12-16)30-3/h4-9,12,18,27H,10-11,13-15H2,1-3H3. The summed E-state index contributed by atoms with van der Waals surface area (Å²) >= 11 is 1.43. The van der Waals surface area contributed by atoms with Gasteiger partial charge in [-0.2, -0.15) is 0 Å². The van der Waals surface area contributed by atoms with Gasteiger partial charge in [0.1, 0.15) is 0 Å². The van der Waals surface area contributed by atoms with Crippen LogP contribution in [0.25, 0.3) is 11.4 Å². The van der Waals surface area contributed by atoms with E-state index in [1.54, 1.807) is 33.7 Å². The zero-order valence-corrected chi connectivity index (χ0v) is 19.2. The smallest absolute Gasteiger partial charge is 0.191 e. The number of thioether (sulfide) groups is 1. The van der Waals surface area contributed by atoms with Gasteiger partial charge in [-0.05, 0) is 29.8 Å². The summed E-state index contributed by atoms with van der Waals surface area (Å²) in [7, 11) is 4.84. The maximum atomic E-state index is 10.4. The normalized spacial score (nSPS) is 12.0. The van der Waals surface area contributed by atoms with Crippen LogP contribution in [-0.4, -0.2) is 71.3 Å². The molecule has 1 aromatic carbocycles. The molecule has 172 valence electrons. The SMILES string of the molecule is COCCn1c(SCC(O)COCc2ccc(OC)c(OC)c2)nnc1-c1ccncc1. The lowest BCUT2D eigenvalue weighted by molar-refractivity contribution is 0.0397. The Kier molecular flexibility index (Phi) is 9.29. The van der Waals surface area contributed by atoms with Crippen LogP contribution in [0, 0.1) is 0 Å².